The van der Waals surface area contributed by atoms with Crippen molar-refractivity contribution in [3.63, 3.8) is 0 Å². The average Bonchev–Trinajstić information content (AvgIpc) is 3.32. The molecular weight excluding hydrogens is 386 g/mol. The number of amides is 1. The van der Waals surface area contributed by atoms with Crippen molar-refractivity contribution in [1.29, 1.82) is 0 Å². The van der Waals surface area contributed by atoms with Gasteiger partial charge in [0.1, 0.15) is 17.2 Å². The Morgan fingerprint density at radius 3 is 2.85 bits per heavy atom. The molecule has 8 heteroatoms. The third-order valence-corrected chi connectivity index (χ3v) is 5.36. The van der Waals surface area contributed by atoms with E-state index in [2.05, 4.69) is 10.3 Å². The van der Waals surface area contributed by atoms with Crippen LogP contribution < -0.4 is 20.5 Å². The summed E-state index contributed by atoms with van der Waals surface area (Å²) in [6.45, 7) is 0.914. The highest BCUT2D eigenvalue weighted by Gasteiger charge is 2.19. The maximum atomic E-state index is 12.4. The predicted octanol–water partition coefficient (Wildman–Crippen LogP) is 3.33. The molecule has 0 atom stereocenters. The summed E-state index contributed by atoms with van der Waals surface area (Å²) >= 11 is 1.46. The standard InChI is InChI=1S/C19H25N3O3S.ClH/c1-24-15-7-6-13(17(10-15)25-14-4-2-3-5-14)11-21-19(23)16-12-26-18(22-16)8-9-20;/h6-7,10,12,14H,2-5,8-9,11,20H2,1H3,(H,21,23);1H. The largest absolute Gasteiger partial charge is 0.497 e. The summed E-state index contributed by atoms with van der Waals surface area (Å²) in [4.78, 5) is 16.7. The normalized spacial score (nSPS) is 13.9. The number of nitrogens with one attached hydrogen (secondary N) is 1. The average molecular weight is 412 g/mol. The molecule has 1 fully saturated rings. The molecule has 1 heterocycles. The Morgan fingerprint density at radius 1 is 1.37 bits per heavy atom. The molecule has 0 bridgehead atoms. The van der Waals surface area contributed by atoms with Crippen LogP contribution in [0.1, 0.15) is 46.7 Å². The number of ether oxygens (including phenoxy) is 2. The van der Waals surface area contributed by atoms with Crippen LogP contribution in [0.4, 0.5) is 0 Å². The molecule has 0 radical (unpaired) electrons. The lowest BCUT2D eigenvalue weighted by atomic mass is 10.1. The smallest absolute Gasteiger partial charge is 0.271 e. The lowest BCUT2D eigenvalue weighted by Gasteiger charge is -2.17. The summed E-state index contributed by atoms with van der Waals surface area (Å²) in [5.41, 5.74) is 6.90. The molecule has 3 rings (SSSR count). The van der Waals surface area contributed by atoms with Crippen LogP contribution in [0.15, 0.2) is 23.6 Å². The van der Waals surface area contributed by atoms with Crippen LogP contribution in [0, 0.1) is 0 Å². The van der Waals surface area contributed by atoms with E-state index in [1.165, 1.54) is 24.2 Å². The second-order valence-corrected chi connectivity index (χ2v) is 7.29. The van der Waals surface area contributed by atoms with Crippen LogP contribution in [0.5, 0.6) is 11.5 Å². The number of rotatable bonds is 8. The molecule has 1 aliphatic rings. The van der Waals surface area contributed by atoms with Gasteiger partial charge in [0, 0.05) is 30.0 Å². The van der Waals surface area contributed by atoms with Crippen LogP contribution in [-0.2, 0) is 13.0 Å². The second kappa shape index (κ2) is 10.5. The third-order valence-electron chi connectivity index (χ3n) is 4.45. The van der Waals surface area contributed by atoms with Crippen molar-refractivity contribution in [3.8, 4) is 11.5 Å². The fourth-order valence-corrected chi connectivity index (χ4v) is 3.82. The zero-order valence-electron chi connectivity index (χ0n) is 15.4. The molecular formula is C19H26ClN3O3S. The molecule has 6 nitrogen and oxygen atoms in total. The van der Waals surface area contributed by atoms with Gasteiger partial charge in [0.2, 0.25) is 0 Å². The molecule has 0 unspecified atom stereocenters. The van der Waals surface area contributed by atoms with Crippen molar-refractivity contribution in [2.75, 3.05) is 13.7 Å². The van der Waals surface area contributed by atoms with E-state index in [0.717, 1.165) is 34.9 Å². The fourth-order valence-electron chi connectivity index (χ4n) is 3.02. The van der Waals surface area contributed by atoms with Gasteiger partial charge in [-0.25, -0.2) is 4.98 Å². The minimum Gasteiger partial charge on any atom is -0.497 e. The molecule has 148 valence electrons. The van der Waals surface area contributed by atoms with Crippen molar-refractivity contribution in [2.24, 2.45) is 5.73 Å². The van der Waals surface area contributed by atoms with E-state index in [-0.39, 0.29) is 24.4 Å². The highest BCUT2D eigenvalue weighted by Crippen LogP contribution is 2.30. The molecule has 0 spiro atoms. The Hall–Kier alpha value is -1.83. The molecule has 0 aliphatic heterocycles. The van der Waals surface area contributed by atoms with Crippen molar-refractivity contribution in [3.05, 3.63) is 39.8 Å². The van der Waals surface area contributed by atoms with Crippen molar-refractivity contribution in [1.82, 2.24) is 10.3 Å². The Bertz CT molecular complexity index is 748. The highest BCUT2D eigenvalue weighted by molar-refractivity contribution is 7.09. The number of nitrogens with zero attached hydrogens (tertiary/aromatic N) is 1. The SMILES string of the molecule is COc1ccc(CNC(=O)c2csc(CCN)n2)c(OC2CCCC2)c1.Cl. The first-order chi connectivity index (χ1) is 12.7. The Morgan fingerprint density at radius 2 is 2.15 bits per heavy atom. The maximum absolute atomic E-state index is 12.4. The molecule has 1 aromatic carbocycles. The van der Waals surface area contributed by atoms with Crippen LogP contribution in [0.3, 0.4) is 0 Å². The summed E-state index contributed by atoms with van der Waals surface area (Å²) in [5.74, 6) is 1.34. The number of nitrogens with two attached hydrogens (primary N) is 1. The van der Waals surface area contributed by atoms with E-state index in [0.29, 0.717) is 25.2 Å². The van der Waals surface area contributed by atoms with Crippen LogP contribution >= 0.6 is 23.7 Å². The zero-order chi connectivity index (χ0) is 18.4. The van der Waals surface area contributed by atoms with Crippen LogP contribution in [0.2, 0.25) is 0 Å². The number of aromatic nitrogens is 1. The van der Waals surface area contributed by atoms with Crippen molar-refractivity contribution >= 4 is 29.7 Å². The minimum atomic E-state index is -0.188. The molecule has 1 aromatic heterocycles. The Balaban J connectivity index is 0.00000261. The van der Waals surface area contributed by atoms with Gasteiger partial charge >= 0.3 is 0 Å². The number of hydrogen-bond donors (Lipinski definition) is 2. The van der Waals surface area contributed by atoms with Gasteiger partial charge in [0.05, 0.1) is 18.2 Å². The molecule has 0 saturated heterocycles. The van der Waals surface area contributed by atoms with Crippen LogP contribution in [-0.4, -0.2) is 30.6 Å². The van der Waals surface area contributed by atoms with Crippen LogP contribution in [0.25, 0.3) is 0 Å². The van der Waals surface area contributed by atoms with Gasteiger partial charge in [-0.2, -0.15) is 0 Å². The Labute approximate surface area is 169 Å². The number of benzene rings is 1. The lowest BCUT2D eigenvalue weighted by molar-refractivity contribution is 0.0946. The topological polar surface area (TPSA) is 86.5 Å². The number of carbonyl (C=O) groups is 1. The van der Waals surface area contributed by atoms with Gasteiger partial charge in [0.15, 0.2) is 0 Å². The molecule has 27 heavy (non-hydrogen) atoms. The Kier molecular flexibility index (Phi) is 8.34. The number of halogens is 1. The van der Waals surface area contributed by atoms with Crippen molar-refractivity contribution < 1.29 is 14.3 Å². The van der Waals surface area contributed by atoms with E-state index in [1.807, 2.05) is 18.2 Å². The molecule has 1 aliphatic carbocycles. The molecule has 3 N–H and O–H groups in total. The first kappa shape index (κ1) is 21.5. The quantitative estimate of drug-likeness (QED) is 0.695. The third kappa shape index (κ3) is 5.82. The monoisotopic (exact) mass is 411 g/mol. The van der Waals surface area contributed by atoms with E-state index in [9.17, 15) is 4.79 Å². The molecule has 1 saturated carbocycles. The fraction of sp³-hybridized carbons (Fsp3) is 0.474. The number of methoxy groups -OCH3 is 1. The number of thiazole rings is 1. The number of hydrogen-bond acceptors (Lipinski definition) is 6. The highest BCUT2D eigenvalue weighted by atomic mass is 35.5. The van der Waals surface area contributed by atoms with Gasteiger partial charge < -0.3 is 20.5 Å². The van der Waals surface area contributed by atoms with E-state index < -0.39 is 0 Å². The van der Waals surface area contributed by atoms with Gasteiger partial charge in [-0.15, -0.1) is 23.7 Å². The zero-order valence-corrected chi connectivity index (χ0v) is 17.0. The summed E-state index contributed by atoms with van der Waals surface area (Å²) in [6.07, 6.45) is 5.49. The summed E-state index contributed by atoms with van der Waals surface area (Å²) in [5, 5.41) is 5.58. The van der Waals surface area contributed by atoms with Crippen molar-refractivity contribution in [2.45, 2.75) is 44.8 Å². The van der Waals surface area contributed by atoms with Gasteiger partial charge in [-0.05, 0) is 44.4 Å². The van der Waals surface area contributed by atoms with E-state index in [1.54, 1.807) is 12.5 Å². The summed E-state index contributed by atoms with van der Waals surface area (Å²) in [7, 11) is 1.64. The predicted molar refractivity (Wildman–Crippen MR) is 109 cm³/mol. The molecule has 1 amide bonds. The van der Waals surface area contributed by atoms with Gasteiger partial charge in [-0.3, -0.25) is 4.79 Å². The first-order valence-corrected chi connectivity index (χ1v) is 9.84. The summed E-state index contributed by atoms with van der Waals surface area (Å²) < 4.78 is 11.5. The van der Waals surface area contributed by atoms with Gasteiger partial charge in [0.25, 0.3) is 5.91 Å². The van der Waals surface area contributed by atoms with E-state index >= 15 is 0 Å². The first-order valence-electron chi connectivity index (χ1n) is 8.96. The maximum Gasteiger partial charge on any atom is 0.271 e. The number of carbonyl (C=O) groups excluding carboxylic acids is 1. The van der Waals surface area contributed by atoms with E-state index in [4.69, 9.17) is 15.2 Å². The minimum absolute atomic E-state index is 0. The summed E-state index contributed by atoms with van der Waals surface area (Å²) in [6, 6.07) is 5.71. The van der Waals surface area contributed by atoms with Gasteiger partial charge in [-0.1, -0.05) is 0 Å². The lowest BCUT2D eigenvalue weighted by Crippen LogP contribution is -2.24. The molecule has 2 aromatic rings. The second-order valence-electron chi connectivity index (χ2n) is 6.35.